The Morgan fingerprint density at radius 2 is 1.87 bits per heavy atom. The van der Waals surface area contributed by atoms with Crippen LogP contribution >= 0.6 is 0 Å². The summed E-state index contributed by atoms with van der Waals surface area (Å²) in [5.74, 6) is 0.00730. The fourth-order valence-electron chi connectivity index (χ4n) is 3.32. The molecule has 3 aromatic rings. The Morgan fingerprint density at radius 1 is 1.16 bits per heavy atom. The highest BCUT2D eigenvalue weighted by atomic mass is 16.5. The van der Waals surface area contributed by atoms with Crippen LogP contribution < -0.4 is 15.0 Å². The number of hydrogen-bond acceptors (Lipinski definition) is 6. The summed E-state index contributed by atoms with van der Waals surface area (Å²) in [5, 5.41) is 16.4. The number of ether oxygens (including phenoxy) is 1. The van der Waals surface area contributed by atoms with E-state index in [1.54, 1.807) is 43.5 Å². The zero-order valence-corrected chi connectivity index (χ0v) is 17.9. The van der Waals surface area contributed by atoms with Crippen molar-refractivity contribution in [2.45, 2.75) is 20.3 Å². The molecule has 0 unspecified atom stereocenters. The molecule has 162 valence electrons. The summed E-state index contributed by atoms with van der Waals surface area (Å²) in [5.41, 5.74) is 3.36. The number of rotatable bonds is 8. The van der Waals surface area contributed by atoms with Crippen LogP contribution in [0.1, 0.15) is 37.7 Å². The predicted octanol–water partition coefficient (Wildman–Crippen LogP) is 3.93. The van der Waals surface area contributed by atoms with Gasteiger partial charge in [0.1, 0.15) is 11.5 Å². The lowest BCUT2D eigenvalue weighted by Crippen LogP contribution is -2.23. The summed E-state index contributed by atoms with van der Waals surface area (Å²) in [6, 6.07) is 11.5. The Bertz CT molecular complexity index is 1070. The molecule has 1 amide bonds. The Labute approximate surface area is 180 Å². The number of nitrogens with one attached hydrogen (secondary N) is 1. The fourth-order valence-corrected chi connectivity index (χ4v) is 3.32. The van der Waals surface area contributed by atoms with E-state index in [1.807, 2.05) is 25.8 Å². The van der Waals surface area contributed by atoms with Crippen LogP contribution in [-0.2, 0) is 6.42 Å². The molecule has 0 fully saturated rings. The number of likely N-dealkylation sites (N-methyl/N-ethyl adjacent to an activating group) is 1. The molecule has 8 heteroatoms. The molecule has 0 saturated heterocycles. The molecule has 0 spiro atoms. The Morgan fingerprint density at radius 3 is 2.45 bits per heavy atom. The van der Waals surface area contributed by atoms with Gasteiger partial charge in [-0.15, -0.1) is 0 Å². The first-order valence-electron chi connectivity index (χ1n) is 9.75. The van der Waals surface area contributed by atoms with Crippen molar-refractivity contribution in [2.75, 3.05) is 30.9 Å². The number of anilines is 2. The highest BCUT2D eigenvalue weighted by molar-refractivity contribution is 6.05. The van der Waals surface area contributed by atoms with Crippen LogP contribution in [-0.4, -0.2) is 42.8 Å². The number of aromatic carboxylic acids is 1. The van der Waals surface area contributed by atoms with Crippen LogP contribution in [0.3, 0.4) is 0 Å². The number of aryl methyl sites for hydroxylation is 2. The van der Waals surface area contributed by atoms with E-state index in [1.165, 1.54) is 6.07 Å². The molecular weight excluding hydrogens is 398 g/mol. The first-order chi connectivity index (χ1) is 14.8. The van der Waals surface area contributed by atoms with Gasteiger partial charge < -0.3 is 24.6 Å². The van der Waals surface area contributed by atoms with Gasteiger partial charge in [0.25, 0.3) is 5.91 Å². The third kappa shape index (κ3) is 5.03. The van der Waals surface area contributed by atoms with Crippen molar-refractivity contribution < 1.29 is 24.0 Å². The molecule has 0 aliphatic carbocycles. The van der Waals surface area contributed by atoms with Crippen LogP contribution in [0.25, 0.3) is 0 Å². The van der Waals surface area contributed by atoms with Crippen molar-refractivity contribution >= 4 is 23.3 Å². The lowest BCUT2D eigenvalue weighted by Gasteiger charge is -2.22. The molecule has 0 radical (unpaired) electrons. The Kier molecular flexibility index (Phi) is 6.59. The third-order valence-corrected chi connectivity index (χ3v) is 5.13. The van der Waals surface area contributed by atoms with Crippen molar-refractivity contribution in [3.63, 3.8) is 0 Å². The normalized spacial score (nSPS) is 10.6. The number of nitrogens with zero attached hydrogens (tertiary/aromatic N) is 2. The maximum Gasteiger partial charge on any atom is 0.337 e. The smallest absolute Gasteiger partial charge is 0.337 e. The number of methoxy groups -OCH3 is 1. The van der Waals surface area contributed by atoms with Gasteiger partial charge in [0.2, 0.25) is 0 Å². The minimum Gasteiger partial charge on any atom is -0.497 e. The SMILES string of the molecule is COc1ccc(C(=O)Nc2ccc(N(C)CCc3c(C)noc3C)c(C(=O)O)c2)cc1. The zero-order valence-electron chi connectivity index (χ0n) is 17.9. The van der Waals surface area contributed by atoms with Crippen molar-refractivity contribution in [1.82, 2.24) is 5.16 Å². The second-order valence-corrected chi connectivity index (χ2v) is 7.19. The summed E-state index contributed by atoms with van der Waals surface area (Å²) in [7, 11) is 3.38. The summed E-state index contributed by atoms with van der Waals surface area (Å²) >= 11 is 0. The molecule has 0 atom stereocenters. The van der Waals surface area contributed by atoms with Crippen LogP contribution in [0.4, 0.5) is 11.4 Å². The molecule has 31 heavy (non-hydrogen) atoms. The van der Waals surface area contributed by atoms with Crippen molar-refractivity contribution in [2.24, 2.45) is 0 Å². The molecule has 1 heterocycles. The molecule has 3 rings (SSSR count). The summed E-state index contributed by atoms with van der Waals surface area (Å²) in [4.78, 5) is 26.2. The maximum absolute atomic E-state index is 12.5. The molecule has 0 aliphatic rings. The molecule has 0 bridgehead atoms. The standard InChI is InChI=1S/C23H25N3O5/c1-14-19(15(2)31-25-14)11-12-26(3)21-10-7-17(13-20(21)23(28)29)24-22(27)16-5-8-18(30-4)9-6-16/h5-10,13H,11-12H2,1-4H3,(H,24,27)(H,28,29). The highest BCUT2D eigenvalue weighted by Crippen LogP contribution is 2.25. The Balaban J connectivity index is 1.75. The van der Waals surface area contributed by atoms with Gasteiger partial charge in [0, 0.05) is 30.4 Å². The van der Waals surface area contributed by atoms with Gasteiger partial charge in [-0.1, -0.05) is 5.16 Å². The van der Waals surface area contributed by atoms with Gasteiger partial charge in [-0.3, -0.25) is 4.79 Å². The van der Waals surface area contributed by atoms with Gasteiger partial charge in [0.15, 0.2) is 0 Å². The third-order valence-electron chi connectivity index (χ3n) is 5.13. The van der Waals surface area contributed by atoms with Gasteiger partial charge in [-0.05, 0) is 62.7 Å². The molecule has 2 N–H and O–H groups in total. The van der Waals surface area contributed by atoms with Crippen molar-refractivity contribution in [1.29, 1.82) is 0 Å². The number of benzene rings is 2. The van der Waals surface area contributed by atoms with Crippen LogP contribution in [0, 0.1) is 13.8 Å². The highest BCUT2D eigenvalue weighted by Gasteiger charge is 2.17. The monoisotopic (exact) mass is 423 g/mol. The number of carbonyl (C=O) groups is 2. The van der Waals surface area contributed by atoms with Crippen molar-refractivity contribution in [3.05, 3.63) is 70.6 Å². The molecular formula is C23H25N3O5. The Hall–Kier alpha value is -3.81. The van der Waals surface area contributed by atoms with Gasteiger partial charge in [-0.25, -0.2) is 4.79 Å². The van der Waals surface area contributed by atoms with E-state index in [4.69, 9.17) is 9.26 Å². The second-order valence-electron chi connectivity index (χ2n) is 7.19. The number of carboxylic acids is 1. The van der Waals surface area contributed by atoms with E-state index in [9.17, 15) is 14.7 Å². The minimum atomic E-state index is -1.07. The van der Waals surface area contributed by atoms with Crippen LogP contribution in [0.15, 0.2) is 47.0 Å². The molecule has 1 aromatic heterocycles. The van der Waals surface area contributed by atoms with Gasteiger partial charge in [-0.2, -0.15) is 0 Å². The van der Waals surface area contributed by atoms with Crippen LogP contribution in [0.5, 0.6) is 5.75 Å². The van der Waals surface area contributed by atoms with E-state index in [0.717, 1.165) is 17.0 Å². The summed E-state index contributed by atoms with van der Waals surface area (Å²) in [6.45, 7) is 4.33. The van der Waals surface area contributed by atoms with E-state index < -0.39 is 5.97 Å². The number of hydrogen-bond donors (Lipinski definition) is 2. The summed E-state index contributed by atoms with van der Waals surface area (Å²) in [6.07, 6.45) is 0.673. The van der Waals surface area contributed by atoms with Gasteiger partial charge >= 0.3 is 5.97 Å². The van der Waals surface area contributed by atoms with Crippen molar-refractivity contribution in [3.8, 4) is 5.75 Å². The number of aromatic nitrogens is 1. The lowest BCUT2D eigenvalue weighted by molar-refractivity contribution is 0.0697. The molecule has 0 aliphatic heterocycles. The van der Waals surface area contributed by atoms with Gasteiger partial charge in [0.05, 0.1) is 24.1 Å². The summed E-state index contributed by atoms with van der Waals surface area (Å²) < 4.78 is 10.3. The second kappa shape index (κ2) is 9.34. The van der Waals surface area contributed by atoms with Crippen LogP contribution in [0.2, 0.25) is 0 Å². The average Bonchev–Trinajstić information content (AvgIpc) is 3.09. The number of carbonyl (C=O) groups excluding carboxylic acids is 1. The maximum atomic E-state index is 12.5. The lowest BCUT2D eigenvalue weighted by atomic mass is 10.1. The fraction of sp³-hybridized carbons (Fsp3) is 0.261. The molecule has 2 aromatic carbocycles. The van der Waals surface area contributed by atoms with E-state index in [0.29, 0.717) is 35.7 Å². The largest absolute Gasteiger partial charge is 0.497 e. The minimum absolute atomic E-state index is 0.105. The molecule has 8 nitrogen and oxygen atoms in total. The van der Waals surface area contributed by atoms with E-state index in [-0.39, 0.29) is 11.5 Å². The number of amides is 1. The topological polar surface area (TPSA) is 105 Å². The average molecular weight is 423 g/mol. The van der Waals surface area contributed by atoms with E-state index >= 15 is 0 Å². The quantitative estimate of drug-likeness (QED) is 0.566. The predicted molar refractivity (Wildman–Crippen MR) is 117 cm³/mol. The first-order valence-corrected chi connectivity index (χ1v) is 9.75. The zero-order chi connectivity index (χ0) is 22.5. The first kappa shape index (κ1) is 21.9. The van der Waals surface area contributed by atoms with E-state index in [2.05, 4.69) is 10.5 Å². The number of carboxylic acid groups (broad SMARTS) is 1. The molecule has 0 saturated carbocycles.